The van der Waals surface area contributed by atoms with Crippen LogP contribution < -0.4 is 5.73 Å². The zero-order valence-corrected chi connectivity index (χ0v) is 16.1. The summed E-state index contributed by atoms with van der Waals surface area (Å²) in [5.41, 5.74) is 5.10. The lowest BCUT2D eigenvalue weighted by Crippen LogP contribution is -2.09. The quantitative estimate of drug-likeness (QED) is 0.216. The van der Waals surface area contributed by atoms with Gasteiger partial charge in [0.05, 0.1) is 0 Å². The molecule has 0 aromatic rings. The van der Waals surface area contributed by atoms with Gasteiger partial charge in [-0.2, -0.15) is 0 Å². The molecule has 1 amide bonds. The zero-order valence-electron chi connectivity index (χ0n) is 16.1. The fourth-order valence-electron chi connectivity index (χ4n) is 2.79. The molecule has 0 rings (SSSR count). The van der Waals surface area contributed by atoms with E-state index in [1.165, 1.54) is 83.5 Å². The first kappa shape index (κ1) is 22.9. The lowest BCUT2D eigenvalue weighted by Gasteiger charge is -1.98. The molecule has 0 aliphatic rings. The highest BCUT2D eigenvalue weighted by Crippen LogP contribution is 2.09. The fraction of sp³-hybridized carbons (Fsp3) is 0.773. The van der Waals surface area contributed by atoms with Crippen molar-refractivity contribution in [3.63, 3.8) is 0 Å². The van der Waals surface area contributed by atoms with Gasteiger partial charge in [0, 0.05) is 6.42 Å². The highest BCUT2D eigenvalue weighted by molar-refractivity contribution is 5.73. The molecule has 0 aliphatic carbocycles. The van der Waals surface area contributed by atoms with Gasteiger partial charge in [0.1, 0.15) is 0 Å². The smallest absolute Gasteiger partial charge is 0.217 e. The molecule has 0 unspecified atom stereocenters. The average Bonchev–Trinajstić information content (AvgIpc) is 2.56. The van der Waals surface area contributed by atoms with Crippen molar-refractivity contribution >= 4 is 5.91 Å². The van der Waals surface area contributed by atoms with Crippen molar-refractivity contribution < 1.29 is 4.79 Å². The lowest BCUT2D eigenvalue weighted by atomic mass is 10.1. The van der Waals surface area contributed by atoms with E-state index in [0.717, 1.165) is 12.8 Å². The number of amides is 1. The van der Waals surface area contributed by atoms with Gasteiger partial charge in [0.2, 0.25) is 5.91 Å². The normalized spacial score (nSPS) is 11.7. The van der Waals surface area contributed by atoms with Gasteiger partial charge in [-0.1, -0.05) is 76.2 Å². The van der Waals surface area contributed by atoms with Gasteiger partial charge in [0.15, 0.2) is 0 Å². The Labute approximate surface area is 151 Å². The summed E-state index contributed by atoms with van der Waals surface area (Å²) in [6.45, 7) is 2.27. The summed E-state index contributed by atoms with van der Waals surface area (Å²) >= 11 is 0. The monoisotopic (exact) mass is 335 g/mol. The van der Waals surface area contributed by atoms with Crippen molar-refractivity contribution in [2.24, 2.45) is 5.73 Å². The van der Waals surface area contributed by atoms with Crippen molar-refractivity contribution in [2.45, 2.75) is 110 Å². The van der Waals surface area contributed by atoms with Gasteiger partial charge in [0.25, 0.3) is 0 Å². The highest BCUT2D eigenvalue weighted by atomic mass is 16.1. The van der Waals surface area contributed by atoms with Crippen molar-refractivity contribution in [2.75, 3.05) is 0 Å². The van der Waals surface area contributed by atoms with Gasteiger partial charge in [-0.15, -0.1) is 0 Å². The summed E-state index contributed by atoms with van der Waals surface area (Å²) in [5, 5.41) is 0. The van der Waals surface area contributed by atoms with Gasteiger partial charge in [-0.05, 0) is 51.4 Å². The van der Waals surface area contributed by atoms with Crippen LogP contribution in [0.5, 0.6) is 0 Å². The van der Waals surface area contributed by atoms with E-state index in [0.29, 0.717) is 6.42 Å². The van der Waals surface area contributed by atoms with Gasteiger partial charge in [-0.3, -0.25) is 4.79 Å². The third kappa shape index (κ3) is 20.9. The molecule has 2 N–H and O–H groups in total. The number of nitrogens with two attached hydrogens (primary N) is 1. The van der Waals surface area contributed by atoms with E-state index in [1.54, 1.807) is 0 Å². The first-order valence-corrected chi connectivity index (χ1v) is 10.4. The molecule has 0 atom stereocenters. The SMILES string of the molecule is CCCCCCCCC=CCCCCCCC=CCCCC(N)=O. The molecule has 0 aromatic heterocycles. The Bertz CT molecular complexity index is 320. The molecular formula is C22H41NO. The largest absolute Gasteiger partial charge is 0.370 e. The molecule has 0 spiro atoms. The summed E-state index contributed by atoms with van der Waals surface area (Å²) in [6.07, 6.45) is 28.9. The van der Waals surface area contributed by atoms with Gasteiger partial charge < -0.3 is 5.73 Å². The topological polar surface area (TPSA) is 43.1 Å². The maximum Gasteiger partial charge on any atom is 0.217 e. The molecule has 0 saturated heterocycles. The molecule has 2 heteroatoms. The molecule has 0 bridgehead atoms. The Kier molecular flexibility index (Phi) is 19.1. The second kappa shape index (κ2) is 20.0. The first-order chi connectivity index (χ1) is 11.8. The number of primary amides is 1. The van der Waals surface area contributed by atoms with E-state index in [-0.39, 0.29) is 5.91 Å². The third-order valence-corrected chi connectivity index (χ3v) is 4.34. The number of allylic oxidation sites excluding steroid dienone is 4. The van der Waals surface area contributed by atoms with Crippen LogP contribution in [0.1, 0.15) is 110 Å². The minimum atomic E-state index is -0.190. The average molecular weight is 336 g/mol. The van der Waals surface area contributed by atoms with E-state index >= 15 is 0 Å². The minimum absolute atomic E-state index is 0.190. The van der Waals surface area contributed by atoms with Crippen LogP contribution in [-0.2, 0) is 4.79 Å². The summed E-state index contributed by atoms with van der Waals surface area (Å²) < 4.78 is 0. The summed E-state index contributed by atoms with van der Waals surface area (Å²) in [4.78, 5) is 10.6. The molecule has 2 nitrogen and oxygen atoms in total. The van der Waals surface area contributed by atoms with Crippen LogP contribution >= 0.6 is 0 Å². The van der Waals surface area contributed by atoms with E-state index in [9.17, 15) is 4.79 Å². The molecule has 0 aromatic carbocycles. The predicted octanol–water partition coefficient (Wildman–Crippen LogP) is 6.85. The second-order valence-electron chi connectivity index (χ2n) is 6.85. The van der Waals surface area contributed by atoms with Crippen molar-refractivity contribution in [3.8, 4) is 0 Å². The maximum atomic E-state index is 10.6. The standard InChI is InChI=1S/C22H41NO/c1-2-3-4-5-6-7-8-9-10-11-12-13-14-15-16-17-18-19-20-21-22(23)24/h9-10,17-18H,2-8,11-16,19-21H2,1H3,(H2,23,24). The van der Waals surface area contributed by atoms with E-state index in [2.05, 4.69) is 31.2 Å². The molecule has 0 aliphatic heterocycles. The number of unbranched alkanes of at least 4 members (excludes halogenated alkanes) is 12. The van der Waals surface area contributed by atoms with Gasteiger partial charge in [-0.25, -0.2) is 0 Å². The van der Waals surface area contributed by atoms with E-state index in [1.807, 2.05) is 0 Å². The summed E-state index contributed by atoms with van der Waals surface area (Å²) in [5.74, 6) is -0.190. The Hall–Kier alpha value is -1.05. The van der Waals surface area contributed by atoms with Gasteiger partial charge >= 0.3 is 0 Å². The number of carbonyl (C=O) groups is 1. The van der Waals surface area contributed by atoms with Crippen LogP contribution in [0, 0.1) is 0 Å². The first-order valence-electron chi connectivity index (χ1n) is 10.4. The van der Waals surface area contributed by atoms with E-state index < -0.39 is 0 Å². The van der Waals surface area contributed by atoms with E-state index in [4.69, 9.17) is 5.73 Å². The van der Waals surface area contributed by atoms with Crippen LogP contribution in [0.15, 0.2) is 24.3 Å². The van der Waals surface area contributed by atoms with Crippen molar-refractivity contribution in [3.05, 3.63) is 24.3 Å². The van der Waals surface area contributed by atoms with Crippen LogP contribution in [0.2, 0.25) is 0 Å². The molecule has 0 heterocycles. The number of rotatable bonds is 18. The predicted molar refractivity (Wildman–Crippen MR) is 107 cm³/mol. The Morgan fingerprint density at radius 2 is 1.00 bits per heavy atom. The Morgan fingerprint density at radius 3 is 1.42 bits per heavy atom. The van der Waals surface area contributed by atoms with Crippen molar-refractivity contribution in [1.82, 2.24) is 0 Å². The van der Waals surface area contributed by atoms with Crippen LogP contribution in [0.4, 0.5) is 0 Å². The second-order valence-corrected chi connectivity index (χ2v) is 6.85. The van der Waals surface area contributed by atoms with Crippen LogP contribution in [0.3, 0.4) is 0 Å². The minimum Gasteiger partial charge on any atom is -0.370 e. The molecule has 0 fully saturated rings. The third-order valence-electron chi connectivity index (χ3n) is 4.34. The molecule has 0 radical (unpaired) electrons. The van der Waals surface area contributed by atoms with Crippen LogP contribution in [0.25, 0.3) is 0 Å². The highest BCUT2D eigenvalue weighted by Gasteiger charge is 1.92. The van der Waals surface area contributed by atoms with Crippen molar-refractivity contribution in [1.29, 1.82) is 0 Å². The number of hydrogen-bond acceptors (Lipinski definition) is 1. The Morgan fingerprint density at radius 1 is 0.625 bits per heavy atom. The molecular weight excluding hydrogens is 294 g/mol. The molecule has 0 saturated carbocycles. The fourth-order valence-corrected chi connectivity index (χ4v) is 2.79. The molecule has 24 heavy (non-hydrogen) atoms. The lowest BCUT2D eigenvalue weighted by molar-refractivity contribution is -0.118. The number of carbonyl (C=O) groups excluding carboxylic acids is 1. The summed E-state index contributed by atoms with van der Waals surface area (Å²) in [6, 6.07) is 0. The Balaban J connectivity index is 3.15. The number of hydrogen-bond donors (Lipinski definition) is 1. The van der Waals surface area contributed by atoms with Crippen LogP contribution in [-0.4, -0.2) is 5.91 Å². The summed E-state index contributed by atoms with van der Waals surface area (Å²) in [7, 11) is 0. The molecule has 140 valence electrons. The zero-order chi connectivity index (χ0) is 17.7. The maximum absolute atomic E-state index is 10.6.